The van der Waals surface area contributed by atoms with Gasteiger partial charge in [0.25, 0.3) is 0 Å². The van der Waals surface area contributed by atoms with Crippen molar-refractivity contribution in [2.45, 2.75) is 58.2 Å². The quantitative estimate of drug-likeness (QED) is 0.228. The van der Waals surface area contributed by atoms with E-state index in [1.165, 1.54) is 6.26 Å². The molecule has 34 heavy (non-hydrogen) atoms. The zero-order chi connectivity index (χ0) is 26.0. The Hall–Kier alpha value is -2.72. The number of aromatic nitrogens is 1. The molecule has 0 saturated heterocycles. The van der Waals surface area contributed by atoms with Crippen molar-refractivity contribution in [1.29, 1.82) is 0 Å². The van der Waals surface area contributed by atoms with Crippen LogP contribution in [0.3, 0.4) is 0 Å². The first-order chi connectivity index (χ1) is 16.2. The van der Waals surface area contributed by atoms with Gasteiger partial charge >= 0.3 is 0 Å². The van der Waals surface area contributed by atoms with E-state index in [2.05, 4.69) is 39.1 Å². The zero-order valence-electron chi connectivity index (χ0n) is 21.7. The molecule has 2 heterocycles. The number of aliphatic imine (C=N–C) groups is 3. The Morgan fingerprint density at radius 2 is 2.00 bits per heavy atom. The van der Waals surface area contributed by atoms with Gasteiger partial charge in [-0.15, -0.1) is 0 Å². The Balaban J connectivity index is 0.000000639. The number of anilines is 1. The van der Waals surface area contributed by atoms with Gasteiger partial charge in [-0.1, -0.05) is 39.5 Å². The number of pyridine rings is 1. The van der Waals surface area contributed by atoms with Crippen LogP contribution in [0.2, 0.25) is 0 Å². The number of amidine groups is 1. The van der Waals surface area contributed by atoms with Gasteiger partial charge in [0, 0.05) is 31.3 Å². The third-order valence-electron chi connectivity index (χ3n) is 4.25. The van der Waals surface area contributed by atoms with Crippen molar-refractivity contribution in [3.05, 3.63) is 36.5 Å². The molecule has 3 N–H and O–H groups in total. The van der Waals surface area contributed by atoms with Gasteiger partial charge in [-0.2, -0.15) is 0 Å². The van der Waals surface area contributed by atoms with Crippen LogP contribution in [0.5, 0.6) is 0 Å². The molecule has 0 bridgehead atoms. The fraction of sp³-hybridized carbons (Fsp3) is 0.542. The highest BCUT2D eigenvalue weighted by Crippen LogP contribution is 2.44. The Bertz CT molecular complexity index is 855. The molecule has 2 rings (SSSR count). The maximum absolute atomic E-state index is 10.5. The third-order valence-corrected chi connectivity index (χ3v) is 5.25. The van der Waals surface area contributed by atoms with E-state index < -0.39 is 5.54 Å². The van der Waals surface area contributed by atoms with E-state index in [0.29, 0.717) is 30.5 Å². The maximum atomic E-state index is 10.5. The maximum Gasteiger partial charge on any atom is 0.211 e. The molecule has 1 amide bonds. The number of nitrogens with one attached hydrogen (secondary N) is 1. The molecule has 0 spiro atoms. The van der Waals surface area contributed by atoms with Crippen molar-refractivity contribution in [1.82, 2.24) is 4.98 Å². The summed E-state index contributed by atoms with van der Waals surface area (Å²) >= 11 is 1.59. The first-order valence-electron chi connectivity index (χ1n) is 11.1. The summed E-state index contributed by atoms with van der Waals surface area (Å²) in [6.07, 6.45) is 9.69. The number of hydrogen-bond donors (Lipinski definition) is 2. The van der Waals surface area contributed by atoms with E-state index in [4.69, 9.17) is 15.2 Å². The van der Waals surface area contributed by atoms with Gasteiger partial charge in [-0.3, -0.25) is 24.8 Å². The largest absolute Gasteiger partial charge is 0.497 e. The second kappa shape index (κ2) is 16.8. The van der Waals surface area contributed by atoms with Crippen molar-refractivity contribution in [3.63, 3.8) is 0 Å². The molecule has 9 nitrogen and oxygen atoms in total. The predicted molar refractivity (Wildman–Crippen MR) is 145 cm³/mol. The Kier molecular flexibility index (Phi) is 15.5. The lowest BCUT2D eigenvalue weighted by Gasteiger charge is -2.39. The van der Waals surface area contributed by atoms with Crippen molar-refractivity contribution < 1.29 is 14.3 Å². The van der Waals surface area contributed by atoms with Crippen LogP contribution in [0.4, 0.5) is 5.69 Å². The lowest BCUT2D eigenvalue weighted by Crippen LogP contribution is -2.38. The summed E-state index contributed by atoms with van der Waals surface area (Å²) in [7, 11) is 3.34. The molecule has 0 saturated carbocycles. The molecular formula is C24H40N6O3S. The van der Waals surface area contributed by atoms with Gasteiger partial charge in [-0.05, 0) is 31.9 Å². The van der Waals surface area contributed by atoms with Crippen LogP contribution < -0.4 is 11.1 Å². The number of amides is 1. The summed E-state index contributed by atoms with van der Waals surface area (Å²) in [5.74, 6) is 0. The van der Waals surface area contributed by atoms with Gasteiger partial charge in [-0.25, -0.2) is 0 Å². The second-order valence-electron chi connectivity index (χ2n) is 7.79. The number of methoxy groups -OCH3 is 1. The van der Waals surface area contributed by atoms with Crippen LogP contribution in [0.1, 0.15) is 53.5 Å². The van der Waals surface area contributed by atoms with E-state index in [0.717, 1.165) is 17.7 Å². The van der Waals surface area contributed by atoms with E-state index in [1.807, 2.05) is 33.8 Å². The normalized spacial score (nSPS) is 19.4. The Morgan fingerprint density at radius 1 is 1.29 bits per heavy atom. The lowest BCUT2D eigenvalue weighted by molar-refractivity contribution is -0.105. The predicted octanol–water partition coefficient (Wildman–Crippen LogP) is 4.40. The van der Waals surface area contributed by atoms with Crippen LogP contribution in [0.25, 0.3) is 0 Å². The van der Waals surface area contributed by atoms with E-state index in [9.17, 15) is 4.79 Å². The summed E-state index contributed by atoms with van der Waals surface area (Å²) in [5, 5.41) is 3.20. The van der Waals surface area contributed by atoms with Crippen molar-refractivity contribution in [3.8, 4) is 0 Å². The highest BCUT2D eigenvalue weighted by Gasteiger charge is 2.39. The molecule has 1 atom stereocenters. The number of nitrogens with zero attached hydrogens (tertiary/aromatic N) is 4. The first-order valence-corrected chi connectivity index (χ1v) is 11.9. The average molecular weight is 493 g/mol. The van der Waals surface area contributed by atoms with E-state index >= 15 is 0 Å². The molecule has 0 aromatic carbocycles. The number of nitrogens with two attached hydrogens (primary N) is 1. The minimum atomic E-state index is -0.410. The SMILES string of the molecule is CC.CC1(C)CC(C)(c2cncc(NC=O)c2)N=C(N)S1.CN=CC(C)=N/C=C/OCCOC. The molecular weight excluding hydrogens is 452 g/mol. The summed E-state index contributed by atoms with van der Waals surface area (Å²) in [6, 6.07) is 1.89. The van der Waals surface area contributed by atoms with Gasteiger partial charge in [0.05, 0.1) is 35.9 Å². The van der Waals surface area contributed by atoms with Gasteiger partial charge in [0.2, 0.25) is 6.41 Å². The second-order valence-corrected chi connectivity index (χ2v) is 9.52. The molecule has 1 aromatic rings. The molecule has 190 valence electrons. The smallest absolute Gasteiger partial charge is 0.211 e. The number of rotatable bonds is 9. The molecule has 0 aliphatic carbocycles. The molecule has 1 aliphatic rings. The molecule has 0 fully saturated rings. The third kappa shape index (κ3) is 12.5. The van der Waals surface area contributed by atoms with Crippen LogP contribution in [-0.4, -0.2) is 60.6 Å². The van der Waals surface area contributed by atoms with Gasteiger partial charge < -0.3 is 20.5 Å². The monoisotopic (exact) mass is 492 g/mol. The number of ether oxygens (including phenoxy) is 2. The lowest BCUT2D eigenvalue weighted by atomic mass is 9.84. The highest BCUT2D eigenvalue weighted by atomic mass is 32.2. The molecule has 10 heteroatoms. The fourth-order valence-corrected chi connectivity index (χ4v) is 4.28. The number of carbonyl (C=O) groups excluding carboxylic acids is 1. The number of thioether (sulfide) groups is 1. The standard InChI is InChI=1S/C13H18N4OS.C9H16N2O2.C2H6/c1-12(2)7-13(3,17-11(14)19-12)9-4-10(16-8-18)6-15-5-9;1-9(8-10-2)11-4-5-13-7-6-12-3;1-2/h4-6,8H,7H2,1-3H3,(H2,14,17)(H,16,18);4-5,8H,6-7H2,1-3H3;1-2H3/b;5-4+,10-8?,11-9?;. The average Bonchev–Trinajstić information content (AvgIpc) is 2.77. The summed E-state index contributed by atoms with van der Waals surface area (Å²) < 4.78 is 9.86. The van der Waals surface area contributed by atoms with Crippen LogP contribution in [0, 0.1) is 0 Å². The fourth-order valence-electron chi connectivity index (χ4n) is 3.11. The van der Waals surface area contributed by atoms with Gasteiger partial charge in [0.1, 0.15) is 12.9 Å². The molecule has 1 aromatic heterocycles. The van der Waals surface area contributed by atoms with Gasteiger partial charge in [0.15, 0.2) is 5.17 Å². The molecule has 1 unspecified atom stereocenters. The minimum Gasteiger partial charge on any atom is -0.497 e. The zero-order valence-corrected chi connectivity index (χ0v) is 22.5. The molecule has 1 aliphatic heterocycles. The van der Waals surface area contributed by atoms with Crippen LogP contribution >= 0.6 is 11.8 Å². The van der Waals surface area contributed by atoms with E-state index in [-0.39, 0.29) is 4.75 Å². The Labute approximate surface area is 208 Å². The van der Waals surface area contributed by atoms with E-state index in [1.54, 1.807) is 50.7 Å². The molecule has 0 radical (unpaired) electrons. The minimum absolute atomic E-state index is 0.0225. The summed E-state index contributed by atoms with van der Waals surface area (Å²) in [5.41, 5.74) is 7.99. The summed E-state index contributed by atoms with van der Waals surface area (Å²) in [6.45, 7) is 13.3. The van der Waals surface area contributed by atoms with Crippen LogP contribution in [-0.2, 0) is 19.8 Å². The van der Waals surface area contributed by atoms with Crippen LogP contribution in [0.15, 0.2) is 45.9 Å². The topological polar surface area (TPSA) is 124 Å². The Morgan fingerprint density at radius 3 is 2.59 bits per heavy atom. The number of hydrogen-bond acceptors (Lipinski definition) is 9. The summed E-state index contributed by atoms with van der Waals surface area (Å²) in [4.78, 5) is 27.1. The first kappa shape index (κ1) is 31.3. The van der Waals surface area contributed by atoms with Crippen molar-refractivity contribution >= 4 is 41.0 Å². The van der Waals surface area contributed by atoms with Crippen molar-refractivity contribution in [2.24, 2.45) is 20.7 Å². The van der Waals surface area contributed by atoms with Crippen molar-refractivity contribution in [2.75, 3.05) is 32.7 Å². The highest BCUT2D eigenvalue weighted by molar-refractivity contribution is 8.15. The number of carbonyl (C=O) groups is 1.